The number of carbonyl (C=O) groups excluding carboxylic acids is 2. The van der Waals surface area contributed by atoms with Gasteiger partial charge in [0.15, 0.2) is 0 Å². The molecule has 0 aromatic heterocycles. The van der Waals surface area contributed by atoms with Gasteiger partial charge in [0.2, 0.25) is 11.8 Å². The summed E-state index contributed by atoms with van der Waals surface area (Å²) in [5, 5.41) is 3.66. The van der Waals surface area contributed by atoms with E-state index in [9.17, 15) is 9.59 Å². The number of rotatable bonds is 5. The van der Waals surface area contributed by atoms with Crippen molar-refractivity contribution in [2.24, 2.45) is 5.92 Å². The van der Waals surface area contributed by atoms with Gasteiger partial charge < -0.3 is 15.1 Å². The first-order valence-corrected chi connectivity index (χ1v) is 11.6. The molecule has 4 fully saturated rings. The summed E-state index contributed by atoms with van der Waals surface area (Å²) >= 11 is 0. The number of likely N-dealkylation sites (N-methyl/N-ethyl adjacent to an activating group) is 1. The molecule has 0 radical (unpaired) electrons. The highest BCUT2D eigenvalue weighted by molar-refractivity contribution is 5.78. The topological polar surface area (TPSA) is 55.9 Å². The fourth-order valence-corrected chi connectivity index (χ4v) is 5.85. The van der Waals surface area contributed by atoms with Crippen LogP contribution in [0.1, 0.15) is 64.2 Å². The van der Waals surface area contributed by atoms with Gasteiger partial charge in [0.25, 0.3) is 0 Å². The Kier molecular flexibility index (Phi) is 6.56. The average molecular weight is 391 g/mol. The predicted molar refractivity (Wildman–Crippen MR) is 110 cm³/mol. The second kappa shape index (κ2) is 9.12. The summed E-state index contributed by atoms with van der Waals surface area (Å²) in [6.45, 7) is 3.71. The second-order valence-corrected chi connectivity index (χ2v) is 9.63. The predicted octanol–water partition coefficient (Wildman–Crippen LogP) is 1.84. The van der Waals surface area contributed by atoms with Crippen molar-refractivity contribution in [3.63, 3.8) is 0 Å². The van der Waals surface area contributed by atoms with Crippen LogP contribution in [0.15, 0.2) is 0 Å². The van der Waals surface area contributed by atoms with Crippen molar-refractivity contribution in [2.45, 2.75) is 82.3 Å². The van der Waals surface area contributed by atoms with Crippen LogP contribution in [0, 0.1) is 5.92 Å². The molecular weight excluding hydrogens is 352 g/mol. The molecule has 2 atom stereocenters. The molecular formula is C22H38N4O2. The minimum atomic E-state index is 0.247. The van der Waals surface area contributed by atoms with Crippen LogP contribution >= 0.6 is 0 Å². The fourth-order valence-electron chi connectivity index (χ4n) is 5.85. The number of hydrogen-bond acceptors (Lipinski definition) is 4. The Hall–Kier alpha value is -1.14. The number of fused-ring (bicyclic) bond motifs is 2. The Morgan fingerprint density at radius 1 is 0.929 bits per heavy atom. The summed E-state index contributed by atoms with van der Waals surface area (Å²) in [6, 6.07) is 1.74. The van der Waals surface area contributed by atoms with Crippen LogP contribution in [0.5, 0.6) is 0 Å². The first kappa shape index (κ1) is 20.1. The first-order chi connectivity index (χ1) is 13.6. The van der Waals surface area contributed by atoms with Crippen molar-refractivity contribution in [1.29, 1.82) is 0 Å². The molecule has 2 bridgehead atoms. The summed E-state index contributed by atoms with van der Waals surface area (Å²) < 4.78 is 0. The third kappa shape index (κ3) is 4.88. The molecule has 4 aliphatic rings. The number of amides is 2. The Labute approximate surface area is 170 Å². The SMILES string of the molecule is CN(C(=O)CN1CCN(C(=O)CC2CC3CCC(C2)N3)CC1)C1CCCCC1. The number of piperidine rings is 1. The third-order valence-corrected chi connectivity index (χ3v) is 7.63. The number of piperazine rings is 1. The molecule has 6 nitrogen and oxygen atoms in total. The largest absolute Gasteiger partial charge is 0.342 e. The van der Waals surface area contributed by atoms with Crippen LogP contribution < -0.4 is 5.32 Å². The van der Waals surface area contributed by atoms with Crippen LogP contribution in [-0.4, -0.2) is 84.4 Å². The lowest BCUT2D eigenvalue weighted by Gasteiger charge is -2.37. The zero-order valence-corrected chi connectivity index (χ0v) is 17.6. The van der Waals surface area contributed by atoms with Crippen molar-refractivity contribution >= 4 is 11.8 Å². The molecule has 4 rings (SSSR count). The normalized spacial score (nSPS) is 31.8. The standard InChI is InChI=1S/C22H38N4O2/c1-24(20-5-3-2-4-6-20)22(28)16-25-9-11-26(12-10-25)21(27)15-17-13-18-7-8-19(14-17)23-18/h17-20,23H,2-16H2,1H3. The van der Waals surface area contributed by atoms with Gasteiger partial charge in [-0.3, -0.25) is 14.5 Å². The maximum absolute atomic E-state index is 12.8. The molecule has 2 unspecified atom stereocenters. The van der Waals surface area contributed by atoms with Crippen LogP contribution in [0.3, 0.4) is 0 Å². The highest BCUT2D eigenvalue weighted by atomic mass is 16.2. The quantitative estimate of drug-likeness (QED) is 0.778. The Balaban J connectivity index is 1.18. The smallest absolute Gasteiger partial charge is 0.236 e. The van der Waals surface area contributed by atoms with Gasteiger partial charge >= 0.3 is 0 Å². The number of nitrogens with zero attached hydrogens (tertiary/aromatic N) is 3. The van der Waals surface area contributed by atoms with Gasteiger partial charge in [-0.05, 0) is 44.4 Å². The molecule has 28 heavy (non-hydrogen) atoms. The lowest BCUT2D eigenvalue weighted by atomic mass is 9.89. The van der Waals surface area contributed by atoms with E-state index in [0.717, 1.165) is 45.4 Å². The fraction of sp³-hybridized carbons (Fsp3) is 0.909. The van der Waals surface area contributed by atoms with E-state index >= 15 is 0 Å². The van der Waals surface area contributed by atoms with Crippen LogP contribution in [-0.2, 0) is 9.59 Å². The number of nitrogens with one attached hydrogen (secondary N) is 1. The molecule has 1 aliphatic carbocycles. The van der Waals surface area contributed by atoms with Gasteiger partial charge in [0.05, 0.1) is 6.54 Å². The summed E-state index contributed by atoms with van der Waals surface area (Å²) in [4.78, 5) is 31.7. The van der Waals surface area contributed by atoms with Crippen molar-refractivity contribution in [3.8, 4) is 0 Å². The van der Waals surface area contributed by atoms with Crippen molar-refractivity contribution < 1.29 is 9.59 Å². The van der Waals surface area contributed by atoms with Crippen LogP contribution in [0.4, 0.5) is 0 Å². The Morgan fingerprint density at radius 3 is 2.21 bits per heavy atom. The molecule has 0 aromatic carbocycles. The summed E-state index contributed by atoms with van der Waals surface area (Å²) in [5.41, 5.74) is 0. The average Bonchev–Trinajstić information content (AvgIpc) is 3.06. The van der Waals surface area contributed by atoms with Crippen LogP contribution in [0.25, 0.3) is 0 Å². The van der Waals surface area contributed by atoms with Crippen LogP contribution in [0.2, 0.25) is 0 Å². The van der Waals surface area contributed by atoms with Crippen molar-refractivity contribution in [1.82, 2.24) is 20.0 Å². The van der Waals surface area contributed by atoms with Gasteiger partial charge in [0, 0.05) is 57.8 Å². The zero-order chi connectivity index (χ0) is 19.5. The molecule has 2 amide bonds. The maximum Gasteiger partial charge on any atom is 0.236 e. The molecule has 0 aromatic rings. The lowest BCUT2D eigenvalue weighted by Crippen LogP contribution is -2.52. The molecule has 1 saturated carbocycles. The maximum atomic E-state index is 12.8. The Morgan fingerprint density at radius 2 is 1.57 bits per heavy atom. The molecule has 3 saturated heterocycles. The lowest BCUT2D eigenvalue weighted by molar-refractivity contribution is -0.136. The van der Waals surface area contributed by atoms with Crippen molar-refractivity contribution in [2.75, 3.05) is 39.8 Å². The second-order valence-electron chi connectivity index (χ2n) is 9.63. The minimum Gasteiger partial charge on any atom is -0.342 e. The van der Waals surface area contributed by atoms with Gasteiger partial charge in [0.1, 0.15) is 0 Å². The van der Waals surface area contributed by atoms with E-state index in [-0.39, 0.29) is 5.91 Å². The molecule has 0 spiro atoms. The highest BCUT2D eigenvalue weighted by Gasteiger charge is 2.35. The zero-order valence-electron chi connectivity index (χ0n) is 17.6. The van der Waals surface area contributed by atoms with Gasteiger partial charge in [-0.2, -0.15) is 0 Å². The van der Waals surface area contributed by atoms with E-state index < -0.39 is 0 Å². The van der Waals surface area contributed by atoms with Gasteiger partial charge in [-0.25, -0.2) is 0 Å². The van der Waals surface area contributed by atoms with Gasteiger partial charge in [-0.1, -0.05) is 19.3 Å². The highest BCUT2D eigenvalue weighted by Crippen LogP contribution is 2.33. The van der Waals surface area contributed by atoms with Gasteiger partial charge in [-0.15, -0.1) is 0 Å². The molecule has 3 aliphatic heterocycles. The summed E-state index contributed by atoms with van der Waals surface area (Å²) in [5.74, 6) is 1.14. The van der Waals surface area contributed by atoms with Crippen molar-refractivity contribution in [3.05, 3.63) is 0 Å². The molecule has 1 N–H and O–H groups in total. The van der Waals surface area contributed by atoms with E-state index in [1.807, 2.05) is 16.8 Å². The summed E-state index contributed by atoms with van der Waals surface area (Å²) in [6.07, 6.45) is 11.8. The first-order valence-electron chi connectivity index (χ1n) is 11.6. The number of hydrogen-bond donors (Lipinski definition) is 1. The van der Waals surface area contributed by atoms with E-state index in [1.165, 1.54) is 44.9 Å². The number of carbonyl (C=O) groups is 2. The molecule has 6 heteroatoms. The third-order valence-electron chi connectivity index (χ3n) is 7.63. The monoisotopic (exact) mass is 390 g/mol. The van der Waals surface area contributed by atoms with E-state index in [0.29, 0.717) is 36.5 Å². The minimum absolute atomic E-state index is 0.247. The molecule has 158 valence electrons. The summed E-state index contributed by atoms with van der Waals surface area (Å²) in [7, 11) is 1.98. The molecule has 3 heterocycles. The van der Waals surface area contributed by atoms with E-state index in [1.54, 1.807) is 0 Å². The Bertz CT molecular complexity index is 543. The van der Waals surface area contributed by atoms with E-state index in [4.69, 9.17) is 0 Å². The van der Waals surface area contributed by atoms with E-state index in [2.05, 4.69) is 10.2 Å².